The van der Waals surface area contributed by atoms with Crippen LogP contribution in [0.2, 0.25) is 0 Å². The van der Waals surface area contributed by atoms with Gasteiger partial charge >= 0.3 is 6.18 Å². The molecule has 0 spiro atoms. The summed E-state index contributed by atoms with van der Waals surface area (Å²) in [5.41, 5.74) is 1.37. The number of rotatable bonds is 8. The van der Waals surface area contributed by atoms with Crippen LogP contribution in [0.15, 0.2) is 17.0 Å². The molecule has 0 unspecified atom stereocenters. The van der Waals surface area contributed by atoms with Gasteiger partial charge in [0.1, 0.15) is 6.61 Å². The molecule has 6 nitrogen and oxygen atoms in total. The molecule has 0 fully saturated rings. The monoisotopic (exact) mass is 396 g/mol. The number of alkyl halides is 3. The molecular formula is C16H23F3N2O4S. The molecule has 0 heterocycles. The number of sulfonamides is 1. The Bertz CT molecular complexity index is 747. The Labute approximate surface area is 151 Å². The predicted octanol–water partition coefficient (Wildman–Crippen LogP) is 2.25. The number of amides is 1. The number of carbonyl (C=O) groups is 1. The van der Waals surface area contributed by atoms with E-state index in [1.807, 2.05) is 0 Å². The summed E-state index contributed by atoms with van der Waals surface area (Å²) in [6.07, 6.45) is -4.17. The molecule has 0 aliphatic rings. The molecule has 0 saturated carbocycles. The number of nitrogens with one attached hydrogen (secondary N) is 1. The van der Waals surface area contributed by atoms with E-state index in [1.54, 1.807) is 19.9 Å². The highest BCUT2D eigenvalue weighted by molar-refractivity contribution is 7.89. The van der Waals surface area contributed by atoms with Crippen LogP contribution in [0.5, 0.6) is 0 Å². The van der Waals surface area contributed by atoms with Crippen molar-refractivity contribution in [1.82, 2.24) is 9.62 Å². The first-order valence-corrected chi connectivity index (χ1v) is 9.26. The number of hydrogen-bond acceptors (Lipinski definition) is 4. The minimum Gasteiger partial charge on any atom is -0.372 e. The van der Waals surface area contributed by atoms with E-state index in [9.17, 15) is 26.4 Å². The van der Waals surface area contributed by atoms with Gasteiger partial charge < -0.3 is 10.1 Å². The van der Waals surface area contributed by atoms with Crippen molar-refractivity contribution >= 4 is 15.9 Å². The van der Waals surface area contributed by atoms with Crippen LogP contribution in [0.1, 0.15) is 27.9 Å². The number of halogens is 3. The van der Waals surface area contributed by atoms with Crippen LogP contribution in [0, 0.1) is 13.8 Å². The first kappa shape index (κ1) is 22.4. The van der Waals surface area contributed by atoms with Gasteiger partial charge in [-0.15, -0.1) is 0 Å². The maximum absolute atomic E-state index is 12.4. The lowest BCUT2D eigenvalue weighted by Crippen LogP contribution is -2.27. The highest BCUT2D eigenvalue weighted by Gasteiger charge is 2.27. The van der Waals surface area contributed by atoms with Gasteiger partial charge in [-0.1, -0.05) is 0 Å². The molecule has 0 bridgehead atoms. The molecule has 0 aliphatic heterocycles. The third-order valence-corrected chi connectivity index (χ3v) is 5.60. The van der Waals surface area contributed by atoms with Crippen molar-refractivity contribution in [2.75, 3.05) is 33.9 Å². The molecule has 0 radical (unpaired) electrons. The minimum atomic E-state index is -4.38. The number of ether oxygens (including phenoxy) is 1. The normalized spacial score (nSPS) is 12.5. The van der Waals surface area contributed by atoms with Gasteiger partial charge in [-0.25, -0.2) is 12.7 Å². The molecule has 1 N–H and O–H groups in total. The fourth-order valence-electron chi connectivity index (χ4n) is 2.09. The number of aryl methyl sites for hydroxylation is 1. The SMILES string of the molecule is Cc1cc(C(=O)NCCCOCC(F)(F)F)cc(S(=O)(=O)N(C)C)c1C. The van der Waals surface area contributed by atoms with Crippen molar-refractivity contribution < 1.29 is 31.1 Å². The maximum Gasteiger partial charge on any atom is 0.411 e. The van der Waals surface area contributed by atoms with Gasteiger partial charge in [-0.05, 0) is 43.5 Å². The largest absolute Gasteiger partial charge is 0.411 e. The fourth-order valence-corrected chi connectivity index (χ4v) is 3.31. The number of hydrogen-bond donors (Lipinski definition) is 1. The van der Waals surface area contributed by atoms with Gasteiger partial charge in [-0.3, -0.25) is 4.79 Å². The molecule has 26 heavy (non-hydrogen) atoms. The fraction of sp³-hybridized carbons (Fsp3) is 0.562. The number of carbonyl (C=O) groups excluding carboxylic acids is 1. The van der Waals surface area contributed by atoms with Gasteiger partial charge in [0, 0.05) is 32.8 Å². The first-order chi connectivity index (χ1) is 11.9. The lowest BCUT2D eigenvalue weighted by atomic mass is 10.1. The summed E-state index contributed by atoms with van der Waals surface area (Å²) in [5.74, 6) is -0.501. The van der Waals surface area contributed by atoms with Crippen LogP contribution < -0.4 is 5.32 Å². The van der Waals surface area contributed by atoms with Crippen LogP contribution in [0.3, 0.4) is 0 Å². The average molecular weight is 396 g/mol. The highest BCUT2D eigenvalue weighted by atomic mass is 32.2. The zero-order valence-corrected chi connectivity index (χ0v) is 15.9. The van der Waals surface area contributed by atoms with Gasteiger partial charge in [0.05, 0.1) is 4.90 Å². The second-order valence-electron chi connectivity index (χ2n) is 5.98. The summed E-state index contributed by atoms with van der Waals surface area (Å²) < 4.78 is 66.1. The summed E-state index contributed by atoms with van der Waals surface area (Å²) >= 11 is 0. The lowest BCUT2D eigenvalue weighted by molar-refractivity contribution is -0.173. The first-order valence-electron chi connectivity index (χ1n) is 7.82. The van der Waals surface area contributed by atoms with Gasteiger partial charge in [0.2, 0.25) is 10.0 Å². The molecular weight excluding hydrogens is 373 g/mol. The van der Waals surface area contributed by atoms with Crippen molar-refractivity contribution in [2.45, 2.75) is 31.3 Å². The van der Waals surface area contributed by atoms with Crippen LogP contribution >= 0.6 is 0 Å². The second-order valence-corrected chi connectivity index (χ2v) is 8.10. The summed E-state index contributed by atoms with van der Waals surface area (Å²) in [5, 5.41) is 2.54. The Balaban J connectivity index is 2.75. The maximum atomic E-state index is 12.4. The predicted molar refractivity (Wildman–Crippen MR) is 90.6 cm³/mol. The molecule has 0 saturated heterocycles. The zero-order valence-electron chi connectivity index (χ0n) is 15.1. The minimum absolute atomic E-state index is 0.0427. The lowest BCUT2D eigenvalue weighted by Gasteiger charge is -2.16. The molecule has 10 heteroatoms. The van der Waals surface area contributed by atoms with E-state index in [-0.39, 0.29) is 30.0 Å². The Morgan fingerprint density at radius 2 is 1.85 bits per heavy atom. The smallest absolute Gasteiger partial charge is 0.372 e. The molecule has 1 aromatic rings. The third-order valence-electron chi connectivity index (χ3n) is 3.66. The third kappa shape index (κ3) is 6.26. The van der Waals surface area contributed by atoms with Crippen molar-refractivity contribution in [1.29, 1.82) is 0 Å². The zero-order chi connectivity index (χ0) is 20.1. The molecule has 0 atom stereocenters. The Morgan fingerprint density at radius 1 is 1.23 bits per heavy atom. The van der Waals surface area contributed by atoms with E-state index >= 15 is 0 Å². The Morgan fingerprint density at radius 3 is 2.38 bits per heavy atom. The van der Waals surface area contributed by atoms with Crippen molar-refractivity contribution in [3.05, 3.63) is 28.8 Å². The summed E-state index contributed by atoms with van der Waals surface area (Å²) in [4.78, 5) is 12.3. The topological polar surface area (TPSA) is 75.7 Å². The van der Waals surface area contributed by atoms with Crippen molar-refractivity contribution in [3.8, 4) is 0 Å². The van der Waals surface area contributed by atoms with Gasteiger partial charge in [-0.2, -0.15) is 13.2 Å². The van der Waals surface area contributed by atoms with Crippen molar-refractivity contribution in [3.63, 3.8) is 0 Å². The quantitative estimate of drug-likeness (QED) is 0.684. The van der Waals surface area contributed by atoms with Crippen LogP contribution in [-0.2, 0) is 14.8 Å². The van der Waals surface area contributed by atoms with Crippen molar-refractivity contribution in [2.24, 2.45) is 0 Å². The van der Waals surface area contributed by atoms with E-state index < -0.39 is 28.7 Å². The van der Waals surface area contributed by atoms with E-state index in [2.05, 4.69) is 10.1 Å². The molecule has 1 aromatic carbocycles. The average Bonchev–Trinajstić information content (AvgIpc) is 2.51. The van der Waals surface area contributed by atoms with Crippen LogP contribution in [-0.4, -0.2) is 58.7 Å². The van der Waals surface area contributed by atoms with Gasteiger partial charge in [0.25, 0.3) is 5.91 Å². The van der Waals surface area contributed by atoms with Crippen LogP contribution in [0.25, 0.3) is 0 Å². The standard InChI is InChI=1S/C16H23F3N2O4S/c1-11-8-13(9-14(12(11)2)26(23,24)21(3)4)15(22)20-6-5-7-25-10-16(17,18)19/h8-9H,5-7,10H2,1-4H3,(H,20,22). The molecule has 0 aromatic heterocycles. The Kier molecular flexibility index (Phi) is 7.60. The summed E-state index contributed by atoms with van der Waals surface area (Å²) in [6, 6.07) is 2.87. The summed E-state index contributed by atoms with van der Waals surface area (Å²) in [7, 11) is -0.905. The summed E-state index contributed by atoms with van der Waals surface area (Å²) in [6.45, 7) is 1.99. The molecule has 148 valence electrons. The number of nitrogens with zero attached hydrogens (tertiary/aromatic N) is 1. The van der Waals surface area contributed by atoms with E-state index in [0.717, 1.165) is 4.31 Å². The van der Waals surface area contributed by atoms with Gasteiger partial charge in [0.15, 0.2) is 0 Å². The highest BCUT2D eigenvalue weighted by Crippen LogP contribution is 2.23. The molecule has 1 rings (SSSR count). The molecule has 1 amide bonds. The van der Waals surface area contributed by atoms with E-state index in [1.165, 1.54) is 20.2 Å². The number of benzene rings is 1. The van der Waals surface area contributed by atoms with E-state index in [4.69, 9.17) is 0 Å². The molecule has 0 aliphatic carbocycles. The van der Waals surface area contributed by atoms with E-state index in [0.29, 0.717) is 11.1 Å². The second kappa shape index (κ2) is 8.83. The van der Waals surface area contributed by atoms with Crippen LogP contribution in [0.4, 0.5) is 13.2 Å². The Hall–Kier alpha value is -1.65.